The molecule has 0 aromatic carbocycles. The third-order valence-electron chi connectivity index (χ3n) is 4.33. The molecule has 2 heterocycles. The summed E-state index contributed by atoms with van der Waals surface area (Å²) in [6.07, 6.45) is 12.7. The highest BCUT2D eigenvalue weighted by atomic mass is 35.5. The number of nitrogens with one attached hydrogen (secondary N) is 1. The number of nitrogens with zero attached hydrogens (tertiary/aromatic N) is 1. The van der Waals surface area contributed by atoms with Crippen LogP contribution in [0.1, 0.15) is 79.6 Å². The van der Waals surface area contributed by atoms with E-state index in [0.29, 0.717) is 5.16 Å². The van der Waals surface area contributed by atoms with Crippen molar-refractivity contribution in [3.05, 3.63) is 28.9 Å². The lowest BCUT2D eigenvalue weighted by Gasteiger charge is -2.06. The Labute approximate surface area is 159 Å². The molecule has 0 aliphatic carbocycles. The van der Waals surface area contributed by atoms with Crippen LogP contribution in [0.2, 0.25) is 0 Å². The number of halogens is 1. The van der Waals surface area contributed by atoms with Crippen molar-refractivity contribution in [1.82, 2.24) is 10.3 Å². The Balaban J connectivity index is 0.000000434. The lowest BCUT2D eigenvalue weighted by molar-refractivity contribution is 0.477. The van der Waals surface area contributed by atoms with Gasteiger partial charge in [0.25, 0.3) is 0 Å². The predicted molar refractivity (Wildman–Crippen MR) is 113 cm³/mol. The Morgan fingerprint density at radius 3 is 2.56 bits per heavy atom. The molecule has 144 valence electrons. The number of hydrogen-bond donors (Lipinski definition) is 2. The fourth-order valence-electron chi connectivity index (χ4n) is 2.51. The number of nitrogens with two attached hydrogens (primary N) is 1. The normalized spacial score (nSPS) is 14.0. The van der Waals surface area contributed by atoms with Crippen LogP contribution in [0, 0.1) is 5.92 Å². The maximum absolute atomic E-state index is 6.01. The molecule has 3 nitrogen and oxygen atoms in total. The molecule has 0 bridgehead atoms. The van der Waals surface area contributed by atoms with Gasteiger partial charge < -0.3 is 11.1 Å². The van der Waals surface area contributed by atoms with Gasteiger partial charge in [-0.15, -0.1) is 0 Å². The minimum atomic E-state index is 0.628. The first-order chi connectivity index (χ1) is 12.1. The first-order valence-corrected chi connectivity index (χ1v) is 10.3. The molecule has 0 radical (unpaired) electrons. The lowest BCUT2D eigenvalue weighted by Crippen LogP contribution is -2.31. The predicted octanol–water partition coefficient (Wildman–Crippen LogP) is 4.48. The van der Waals surface area contributed by atoms with Gasteiger partial charge in [-0.05, 0) is 12.0 Å². The summed E-state index contributed by atoms with van der Waals surface area (Å²) < 4.78 is 0. The molecule has 1 unspecified atom stereocenters. The summed E-state index contributed by atoms with van der Waals surface area (Å²) in [6.45, 7) is 11.7. The van der Waals surface area contributed by atoms with Gasteiger partial charge in [-0.1, -0.05) is 84.7 Å². The molecular weight excluding hydrogens is 330 g/mol. The van der Waals surface area contributed by atoms with E-state index in [1.54, 1.807) is 12.4 Å². The Morgan fingerprint density at radius 1 is 1.20 bits per heavy atom. The largest absolute Gasteiger partial charge is 0.401 e. The zero-order chi connectivity index (χ0) is 19.1. The second-order valence-electron chi connectivity index (χ2n) is 6.30. The van der Waals surface area contributed by atoms with Crippen molar-refractivity contribution in [1.29, 1.82) is 0 Å². The molecule has 3 N–H and O–H groups in total. The average molecular weight is 368 g/mol. The minimum Gasteiger partial charge on any atom is -0.401 e. The molecule has 1 atom stereocenters. The van der Waals surface area contributed by atoms with Crippen molar-refractivity contribution in [2.24, 2.45) is 11.7 Å². The summed E-state index contributed by atoms with van der Waals surface area (Å²) in [7, 11) is 0. The maximum Gasteiger partial charge on any atom is 0.111 e. The monoisotopic (exact) mass is 367 g/mol. The van der Waals surface area contributed by atoms with Crippen LogP contribution in [0.4, 0.5) is 0 Å². The van der Waals surface area contributed by atoms with Crippen molar-refractivity contribution < 1.29 is 0 Å². The summed E-state index contributed by atoms with van der Waals surface area (Å²) in [4.78, 5) is 4.01. The van der Waals surface area contributed by atoms with Crippen LogP contribution in [-0.2, 0) is 0 Å². The minimum absolute atomic E-state index is 0.628. The summed E-state index contributed by atoms with van der Waals surface area (Å²) in [5.74, 6) is 0.955. The van der Waals surface area contributed by atoms with Crippen LogP contribution in [-0.4, -0.2) is 11.5 Å². The number of unbranched alkanes of at least 4 members (excludes halogenated alkanes) is 3. The number of aromatic nitrogens is 1. The van der Waals surface area contributed by atoms with E-state index in [-0.39, 0.29) is 0 Å². The molecule has 0 saturated heterocycles. The molecule has 1 aromatic rings. The van der Waals surface area contributed by atoms with Crippen molar-refractivity contribution >= 4 is 22.5 Å². The molecule has 0 saturated carbocycles. The molecule has 2 rings (SSSR count). The van der Waals surface area contributed by atoms with Gasteiger partial charge in [0.1, 0.15) is 5.16 Å². The molecule has 0 amide bonds. The zero-order valence-corrected chi connectivity index (χ0v) is 17.6. The van der Waals surface area contributed by atoms with Gasteiger partial charge in [-0.3, -0.25) is 4.98 Å². The second-order valence-corrected chi connectivity index (χ2v) is 6.68. The van der Waals surface area contributed by atoms with Gasteiger partial charge in [-0.2, -0.15) is 0 Å². The molecule has 25 heavy (non-hydrogen) atoms. The third-order valence-corrected chi connectivity index (χ3v) is 4.66. The third kappa shape index (κ3) is 9.74. The Bertz CT molecular complexity index is 528. The van der Waals surface area contributed by atoms with E-state index in [1.807, 2.05) is 19.9 Å². The van der Waals surface area contributed by atoms with E-state index in [1.165, 1.54) is 38.5 Å². The van der Waals surface area contributed by atoms with E-state index >= 15 is 0 Å². The van der Waals surface area contributed by atoms with Gasteiger partial charge in [0.2, 0.25) is 0 Å². The summed E-state index contributed by atoms with van der Waals surface area (Å²) in [5.41, 5.74) is 6.75. The smallest absolute Gasteiger partial charge is 0.111 e. The number of rotatable bonds is 6. The van der Waals surface area contributed by atoms with Crippen LogP contribution >= 0.6 is 11.6 Å². The first kappa shape index (κ1) is 23.8. The highest BCUT2D eigenvalue weighted by Crippen LogP contribution is 2.12. The molecule has 4 heteroatoms. The molecular formula is C21H38ClN3. The molecule has 1 aliphatic heterocycles. The van der Waals surface area contributed by atoms with Crippen LogP contribution in [0.5, 0.6) is 0 Å². The lowest BCUT2D eigenvalue weighted by atomic mass is 10.0. The highest BCUT2D eigenvalue weighted by Gasteiger charge is 2.03. The van der Waals surface area contributed by atoms with E-state index in [4.69, 9.17) is 17.3 Å². The van der Waals surface area contributed by atoms with Crippen molar-refractivity contribution in [3.63, 3.8) is 0 Å². The van der Waals surface area contributed by atoms with Gasteiger partial charge in [-0.25, -0.2) is 0 Å². The SMILES string of the molecule is CC.CCCCCCC(C)CC.NC1=c2ccncc2=C(Cl)NCC1. The van der Waals surface area contributed by atoms with Gasteiger partial charge in [0, 0.05) is 41.5 Å². The van der Waals surface area contributed by atoms with Crippen molar-refractivity contribution in [2.75, 3.05) is 6.54 Å². The van der Waals surface area contributed by atoms with Crippen LogP contribution in [0.15, 0.2) is 18.5 Å². The fourth-order valence-corrected chi connectivity index (χ4v) is 2.75. The molecule has 0 fully saturated rings. The van der Waals surface area contributed by atoms with E-state index < -0.39 is 0 Å². The van der Waals surface area contributed by atoms with Gasteiger partial charge in [0.15, 0.2) is 0 Å². The fraction of sp³-hybridized carbons (Fsp3) is 0.667. The molecule has 1 aromatic heterocycles. The standard InChI is InChI=1S/C10H22.C9H10ClN3.C2H6/c1-4-6-7-8-9-10(3)5-2;10-9-7-5-12-3-1-6(7)8(11)2-4-13-9;1-2/h10H,4-9H2,1-3H3;1,3,5,13H,2,4,11H2;1-2H3. The number of pyridine rings is 1. The average Bonchev–Trinajstić information content (AvgIpc) is 2.80. The highest BCUT2D eigenvalue weighted by molar-refractivity contribution is 6.44. The topological polar surface area (TPSA) is 50.9 Å². The van der Waals surface area contributed by atoms with E-state index in [2.05, 4.69) is 31.1 Å². The quantitative estimate of drug-likeness (QED) is 0.575. The van der Waals surface area contributed by atoms with Gasteiger partial charge >= 0.3 is 0 Å². The van der Waals surface area contributed by atoms with E-state index in [0.717, 1.165) is 35.0 Å². The van der Waals surface area contributed by atoms with Crippen LogP contribution in [0.3, 0.4) is 0 Å². The summed E-state index contributed by atoms with van der Waals surface area (Å²) in [6, 6.07) is 1.89. The van der Waals surface area contributed by atoms with Crippen LogP contribution < -0.4 is 21.5 Å². The second kappa shape index (κ2) is 15.1. The molecule has 0 spiro atoms. The Morgan fingerprint density at radius 2 is 1.92 bits per heavy atom. The van der Waals surface area contributed by atoms with Crippen LogP contribution in [0.25, 0.3) is 10.9 Å². The number of fused-ring (bicyclic) bond motifs is 1. The van der Waals surface area contributed by atoms with E-state index in [9.17, 15) is 0 Å². The molecule has 1 aliphatic rings. The van der Waals surface area contributed by atoms with Crippen molar-refractivity contribution in [3.8, 4) is 0 Å². The van der Waals surface area contributed by atoms with Crippen molar-refractivity contribution in [2.45, 2.75) is 79.6 Å². The summed E-state index contributed by atoms with van der Waals surface area (Å²) in [5, 5.41) is 5.58. The Kier molecular flexibility index (Phi) is 14.3. The maximum atomic E-state index is 6.01. The van der Waals surface area contributed by atoms with Gasteiger partial charge in [0.05, 0.1) is 0 Å². The first-order valence-electron chi connectivity index (χ1n) is 9.92. The number of hydrogen-bond acceptors (Lipinski definition) is 3. The summed E-state index contributed by atoms with van der Waals surface area (Å²) >= 11 is 6.01. The zero-order valence-electron chi connectivity index (χ0n) is 16.9. The Hall–Kier alpha value is -1.22.